The number of hydrogen-bond acceptors (Lipinski definition) is 12. The van der Waals surface area contributed by atoms with E-state index < -0.39 is 62.8 Å². The third-order valence-electron chi connectivity index (χ3n) is 6.84. The van der Waals surface area contributed by atoms with Crippen LogP contribution in [0.5, 0.6) is 0 Å². The largest absolute Gasteiger partial charge is 0.394 e. The van der Waals surface area contributed by atoms with Gasteiger partial charge in [0.05, 0.1) is 23.7 Å². The highest BCUT2D eigenvalue weighted by Crippen LogP contribution is 2.43. The molecule has 0 radical (unpaired) electrons. The van der Waals surface area contributed by atoms with Crippen molar-refractivity contribution in [3.8, 4) is 0 Å². The van der Waals surface area contributed by atoms with E-state index >= 15 is 0 Å². The summed E-state index contributed by atoms with van der Waals surface area (Å²) in [5, 5.41) is 37.0. The number of aliphatic hydroxyl groups excluding tert-OH is 2. The van der Waals surface area contributed by atoms with E-state index in [1.54, 1.807) is 0 Å². The van der Waals surface area contributed by atoms with Crippen molar-refractivity contribution in [2.45, 2.75) is 74.8 Å². The molecule has 14 nitrogen and oxygen atoms in total. The molecule has 2 aliphatic carbocycles. The van der Waals surface area contributed by atoms with E-state index in [9.17, 15) is 26.5 Å². The lowest BCUT2D eigenvalue weighted by molar-refractivity contribution is 0.0687. The summed E-state index contributed by atoms with van der Waals surface area (Å²) in [5.74, 6) is -0.300. The van der Waals surface area contributed by atoms with Gasteiger partial charge in [-0.25, -0.2) is 0 Å². The molecule has 1 saturated heterocycles. The fourth-order valence-electron chi connectivity index (χ4n) is 5.29. The summed E-state index contributed by atoms with van der Waals surface area (Å²) in [6, 6.07) is 0.0895. The third-order valence-corrected chi connectivity index (χ3v) is 8.91. The minimum absolute atomic E-state index is 0.00753. The van der Waals surface area contributed by atoms with Crippen molar-refractivity contribution in [1.82, 2.24) is 31.9 Å². The highest BCUT2D eigenvalue weighted by molar-refractivity contribution is 7.86. The lowest BCUT2D eigenvalue weighted by Gasteiger charge is -2.45. The molecule has 16 heteroatoms. The first-order valence-electron chi connectivity index (χ1n) is 11.7. The molecule has 8 unspecified atom stereocenters. The molecule has 0 amide bonds. The molecular weight excluding hydrogens is 492 g/mol. The fourth-order valence-corrected chi connectivity index (χ4v) is 6.93. The van der Waals surface area contributed by atoms with E-state index in [2.05, 4.69) is 31.9 Å². The molecule has 0 spiro atoms. The SMILES string of the molecule is O=S(=O)(O)CCNC1NC(NCC(O)CO)NC(NC2CCC3C(CCCC3S(=O)(=O)O)C2)N1. The van der Waals surface area contributed by atoms with Crippen LogP contribution in [0.2, 0.25) is 0 Å². The molecule has 2 saturated carbocycles. The van der Waals surface area contributed by atoms with Crippen LogP contribution in [0.3, 0.4) is 0 Å². The van der Waals surface area contributed by atoms with Gasteiger partial charge in [0.2, 0.25) is 0 Å². The molecule has 8 atom stereocenters. The summed E-state index contributed by atoms with van der Waals surface area (Å²) in [6.07, 6.45) is 1.97. The van der Waals surface area contributed by atoms with Gasteiger partial charge in [-0.3, -0.25) is 41.0 Å². The van der Waals surface area contributed by atoms with Crippen molar-refractivity contribution in [3.05, 3.63) is 0 Å². The predicted molar refractivity (Wildman–Crippen MR) is 123 cm³/mol. The lowest BCUT2D eigenvalue weighted by Crippen LogP contribution is -2.78. The summed E-state index contributed by atoms with van der Waals surface area (Å²) in [6.45, 7) is -0.299. The second kappa shape index (κ2) is 12.2. The third kappa shape index (κ3) is 8.56. The molecule has 3 fully saturated rings. The number of fused-ring (bicyclic) bond motifs is 1. The van der Waals surface area contributed by atoms with Gasteiger partial charge in [0, 0.05) is 19.1 Å². The molecule has 3 rings (SSSR count). The Hall–Kier alpha value is -0.500. The maximum absolute atomic E-state index is 11.8. The van der Waals surface area contributed by atoms with Crippen LogP contribution in [0.15, 0.2) is 0 Å². The maximum atomic E-state index is 11.8. The van der Waals surface area contributed by atoms with Crippen LogP contribution in [0.1, 0.15) is 38.5 Å². The molecule has 0 aromatic carbocycles. The number of hydrogen-bond donors (Lipinski definition) is 10. The number of aliphatic hydroxyl groups is 2. The zero-order chi connectivity index (χ0) is 24.9. The van der Waals surface area contributed by atoms with Crippen LogP contribution in [-0.2, 0) is 20.2 Å². The first-order chi connectivity index (χ1) is 15.9. The van der Waals surface area contributed by atoms with Crippen molar-refractivity contribution in [2.24, 2.45) is 11.8 Å². The summed E-state index contributed by atoms with van der Waals surface area (Å²) in [7, 11) is -8.17. The molecule has 10 N–H and O–H groups in total. The Kier molecular flexibility index (Phi) is 10.0. The van der Waals surface area contributed by atoms with Gasteiger partial charge in [-0.15, -0.1) is 0 Å². The van der Waals surface area contributed by atoms with Crippen molar-refractivity contribution in [2.75, 3.05) is 25.4 Å². The van der Waals surface area contributed by atoms with Crippen LogP contribution >= 0.6 is 0 Å². The van der Waals surface area contributed by atoms with Crippen LogP contribution in [0.4, 0.5) is 0 Å². The van der Waals surface area contributed by atoms with Crippen LogP contribution in [0.25, 0.3) is 0 Å². The van der Waals surface area contributed by atoms with Crippen molar-refractivity contribution in [1.29, 1.82) is 0 Å². The minimum atomic E-state index is -4.11. The first-order valence-corrected chi connectivity index (χ1v) is 14.8. The quantitative estimate of drug-likeness (QED) is 0.119. The van der Waals surface area contributed by atoms with E-state index in [0.717, 1.165) is 25.7 Å². The van der Waals surface area contributed by atoms with Crippen molar-refractivity contribution < 1.29 is 36.2 Å². The second-order valence-corrected chi connectivity index (χ2v) is 12.6. The van der Waals surface area contributed by atoms with Gasteiger partial charge < -0.3 is 10.2 Å². The highest BCUT2D eigenvalue weighted by atomic mass is 32.2. The van der Waals surface area contributed by atoms with Gasteiger partial charge in [0.25, 0.3) is 20.2 Å². The van der Waals surface area contributed by atoms with E-state index in [4.69, 9.17) is 9.66 Å². The van der Waals surface area contributed by atoms with E-state index in [0.29, 0.717) is 12.8 Å². The summed E-state index contributed by atoms with van der Waals surface area (Å²) >= 11 is 0. The minimum Gasteiger partial charge on any atom is -0.394 e. The zero-order valence-corrected chi connectivity index (χ0v) is 20.6. The standard InChI is InChI=1S/C18H38N6O8S2/c25-10-13(26)9-20-17-22-16(19-6-7-33(27,28)29)23-18(24-17)21-12-4-5-14-11(8-12)2-1-3-15(14)34(30,31)32/h11-26H,1-10H2,(H,27,28,29)(H,30,31,32). The Balaban J connectivity index is 1.57. The fraction of sp³-hybridized carbons (Fsp3) is 1.00. The van der Waals surface area contributed by atoms with Gasteiger partial charge in [0.1, 0.15) is 18.9 Å². The topological polar surface area (TPSA) is 221 Å². The molecule has 1 aliphatic heterocycles. The zero-order valence-electron chi connectivity index (χ0n) is 18.9. The second-order valence-electron chi connectivity index (χ2n) is 9.37. The van der Waals surface area contributed by atoms with Crippen LogP contribution in [0, 0.1) is 11.8 Å². The Bertz CT molecular complexity index is 863. The molecule has 3 aliphatic rings. The van der Waals surface area contributed by atoms with E-state index in [-0.39, 0.29) is 31.0 Å². The van der Waals surface area contributed by atoms with Gasteiger partial charge >= 0.3 is 0 Å². The van der Waals surface area contributed by atoms with Gasteiger partial charge in [0.15, 0.2) is 0 Å². The number of rotatable bonds is 11. The maximum Gasteiger partial charge on any atom is 0.268 e. The molecule has 0 bridgehead atoms. The summed E-state index contributed by atoms with van der Waals surface area (Å²) < 4.78 is 64.2. The van der Waals surface area contributed by atoms with Gasteiger partial charge in [-0.1, -0.05) is 12.8 Å². The van der Waals surface area contributed by atoms with Crippen molar-refractivity contribution in [3.63, 3.8) is 0 Å². The molecule has 34 heavy (non-hydrogen) atoms. The van der Waals surface area contributed by atoms with Crippen LogP contribution in [-0.4, -0.2) is 97.9 Å². The first kappa shape index (κ1) is 28.1. The average Bonchev–Trinajstić information content (AvgIpc) is 2.75. The Labute approximate surface area is 200 Å². The molecule has 1 heterocycles. The van der Waals surface area contributed by atoms with Gasteiger partial charge in [-0.2, -0.15) is 16.8 Å². The smallest absolute Gasteiger partial charge is 0.268 e. The highest BCUT2D eigenvalue weighted by Gasteiger charge is 2.43. The Morgan fingerprint density at radius 2 is 1.59 bits per heavy atom. The Morgan fingerprint density at radius 3 is 2.24 bits per heavy atom. The summed E-state index contributed by atoms with van der Waals surface area (Å²) in [4.78, 5) is 0. The molecular formula is C18H38N6O8S2. The predicted octanol–water partition coefficient (Wildman–Crippen LogP) is -3.15. The van der Waals surface area contributed by atoms with E-state index in [1.807, 2.05) is 0 Å². The van der Waals surface area contributed by atoms with Crippen molar-refractivity contribution >= 4 is 20.2 Å². The number of nitrogens with one attached hydrogen (secondary N) is 6. The Morgan fingerprint density at radius 1 is 0.912 bits per heavy atom. The molecule has 200 valence electrons. The normalized spacial score (nSPS) is 36.1. The molecule has 0 aromatic heterocycles. The molecule has 0 aromatic rings. The monoisotopic (exact) mass is 530 g/mol. The van der Waals surface area contributed by atoms with Gasteiger partial charge in [-0.05, 0) is 37.5 Å². The van der Waals surface area contributed by atoms with E-state index in [1.165, 1.54) is 0 Å². The lowest BCUT2D eigenvalue weighted by atomic mass is 9.69. The van der Waals surface area contributed by atoms with Crippen LogP contribution < -0.4 is 31.9 Å². The summed E-state index contributed by atoms with van der Waals surface area (Å²) in [5.41, 5.74) is 0. The average molecular weight is 531 g/mol.